The first-order chi connectivity index (χ1) is 13.2. The molecule has 0 aliphatic heterocycles. The maximum Gasteiger partial charge on any atom is 0.242 e. The number of carbonyl (C=O) groups excluding carboxylic acids is 1. The van der Waals surface area contributed by atoms with Gasteiger partial charge in [0.15, 0.2) is 0 Å². The summed E-state index contributed by atoms with van der Waals surface area (Å²) < 4.78 is 5.61. The van der Waals surface area contributed by atoms with Crippen LogP contribution in [0.1, 0.15) is 17.7 Å². The second kappa shape index (κ2) is 9.44. The second-order valence-electron chi connectivity index (χ2n) is 5.64. The van der Waals surface area contributed by atoms with Gasteiger partial charge in [0.2, 0.25) is 5.91 Å². The normalized spacial score (nSPS) is 11.6. The third-order valence-electron chi connectivity index (χ3n) is 3.72. The highest BCUT2D eigenvalue weighted by Gasteiger charge is 2.23. The molecule has 27 heavy (non-hydrogen) atoms. The lowest BCUT2D eigenvalue weighted by molar-refractivity contribution is -0.115. The van der Waals surface area contributed by atoms with Crippen LogP contribution in [0.15, 0.2) is 78.0 Å². The van der Waals surface area contributed by atoms with Crippen molar-refractivity contribution >= 4 is 35.0 Å². The van der Waals surface area contributed by atoms with E-state index in [0.717, 1.165) is 10.6 Å². The Kier molecular flexibility index (Phi) is 6.74. The predicted molar refractivity (Wildman–Crippen MR) is 111 cm³/mol. The van der Waals surface area contributed by atoms with E-state index in [1.807, 2.05) is 67.6 Å². The molecule has 4 nitrogen and oxygen atoms in total. The number of hydrogen-bond donors (Lipinski definition) is 1. The van der Waals surface area contributed by atoms with Crippen molar-refractivity contribution in [1.82, 2.24) is 4.98 Å². The highest BCUT2D eigenvalue weighted by atomic mass is 35.5. The summed E-state index contributed by atoms with van der Waals surface area (Å²) in [7, 11) is 0. The molecule has 1 aromatic heterocycles. The largest absolute Gasteiger partial charge is 0.492 e. The van der Waals surface area contributed by atoms with Gasteiger partial charge in [-0.05, 0) is 36.8 Å². The van der Waals surface area contributed by atoms with Crippen LogP contribution >= 0.6 is 23.4 Å². The van der Waals surface area contributed by atoms with E-state index < -0.39 is 5.25 Å². The van der Waals surface area contributed by atoms with Crippen LogP contribution in [0.2, 0.25) is 5.02 Å². The molecule has 1 unspecified atom stereocenters. The fraction of sp³-hybridized carbons (Fsp3) is 0.143. The summed E-state index contributed by atoms with van der Waals surface area (Å²) in [4.78, 5) is 17.4. The Morgan fingerprint density at radius 1 is 1.11 bits per heavy atom. The molecule has 0 aliphatic carbocycles. The van der Waals surface area contributed by atoms with Crippen molar-refractivity contribution in [3.63, 3.8) is 0 Å². The van der Waals surface area contributed by atoms with E-state index in [-0.39, 0.29) is 5.91 Å². The van der Waals surface area contributed by atoms with E-state index >= 15 is 0 Å². The summed E-state index contributed by atoms with van der Waals surface area (Å²) in [5, 5.41) is 3.81. The summed E-state index contributed by atoms with van der Waals surface area (Å²) >= 11 is 7.29. The maximum absolute atomic E-state index is 13.1. The van der Waals surface area contributed by atoms with Gasteiger partial charge >= 0.3 is 0 Å². The molecule has 1 N–H and O–H groups in total. The number of carbonyl (C=O) groups is 1. The number of aromatic nitrogens is 1. The van der Waals surface area contributed by atoms with Crippen molar-refractivity contribution in [1.29, 1.82) is 0 Å². The van der Waals surface area contributed by atoms with Crippen LogP contribution in [-0.4, -0.2) is 17.5 Å². The zero-order valence-electron chi connectivity index (χ0n) is 14.8. The van der Waals surface area contributed by atoms with E-state index in [2.05, 4.69) is 10.3 Å². The number of benzene rings is 2. The lowest BCUT2D eigenvalue weighted by Crippen LogP contribution is -2.19. The zero-order valence-corrected chi connectivity index (χ0v) is 16.3. The van der Waals surface area contributed by atoms with Crippen molar-refractivity contribution in [2.24, 2.45) is 0 Å². The van der Waals surface area contributed by atoms with Gasteiger partial charge in [-0.15, -0.1) is 0 Å². The fourth-order valence-electron chi connectivity index (χ4n) is 2.50. The van der Waals surface area contributed by atoms with Crippen molar-refractivity contribution in [2.75, 3.05) is 11.9 Å². The van der Waals surface area contributed by atoms with Gasteiger partial charge < -0.3 is 10.1 Å². The maximum atomic E-state index is 13.1. The number of hydrogen-bond acceptors (Lipinski definition) is 4. The smallest absolute Gasteiger partial charge is 0.242 e. The number of para-hydroxylation sites is 2. The Balaban J connectivity index is 1.86. The molecule has 0 radical (unpaired) electrons. The molecule has 3 rings (SSSR count). The lowest BCUT2D eigenvalue weighted by Gasteiger charge is -2.18. The van der Waals surface area contributed by atoms with E-state index in [9.17, 15) is 4.79 Å². The molecule has 3 aromatic rings. The molecule has 0 saturated heterocycles. The van der Waals surface area contributed by atoms with Crippen LogP contribution in [-0.2, 0) is 4.79 Å². The SMILES string of the molecule is CCOc1ccccc1NC(=O)C(Sc1ccc(Cl)cn1)c1ccccc1. The van der Waals surface area contributed by atoms with Gasteiger partial charge in [0.05, 0.1) is 22.3 Å². The van der Waals surface area contributed by atoms with Crippen molar-refractivity contribution < 1.29 is 9.53 Å². The minimum absolute atomic E-state index is 0.143. The van der Waals surface area contributed by atoms with E-state index in [0.29, 0.717) is 23.1 Å². The molecular formula is C21H19ClN2O2S. The highest BCUT2D eigenvalue weighted by molar-refractivity contribution is 8.00. The predicted octanol–water partition coefficient (Wildman–Crippen LogP) is 5.61. The molecule has 1 heterocycles. The van der Waals surface area contributed by atoms with Gasteiger partial charge in [-0.25, -0.2) is 4.98 Å². The van der Waals surface area contributed by atoms with Gasteiger partial charge in [-0.1, -0.05) is 65.8 Å². The summed E-state index contributed by atoms with van der Waals surface area (Å²) in [6, 6.07) is 20.6. The quantitative estimate of drug-likeness (QED) is 0.526. The average Bonchev–Trinajstić information content (AvgIpc) is 2.70. The molecule has 0 bridgehead atoms. The average molecular weight is 399 g/mol. The summed E-state index contributed by atoms with van der Waals surface area (Å²) in [6.07, 6.45) is 1.58. The molecule has 0 spiro atoms. The Bertz CT molecular complexity index is 888. The number of thioether (sulfide) groups is 1. The minimum atomic E-state index is -0.463. The highest BCUT2D eigenvalue weighted by Crippen LogP contribution is 2.36. The number of nitrogens with one attached hydrogen (secondary N) is 1. The third kappa shape index (κ3) is 5.25. The minimum Gasteiger partial charge on any atom is -0.492 e. The molecular weight excluding hydrogens is 380 g/mol. The van der Waals surface area contributed by atoms with Gasteiger partial charge in [-0.3, -0.25) is 4.79 Å². The number of pyridine rings is 1. The van der Waals surface area contributed by atoms with Crippen LogP contribution in [0.3, 0.4) is 0 Å². The van der Waals surface area contributed by atoms with Gasteiger partial charge in [-0.2, -0.15) is 0 Å². The van der Waals surface area contributed by atoms with E-state index in [1.165, 1.54) is 11.8 Å². The zero-order chi connectivity index (χ0) is 19.1. The number of amides is 1. The topological polar surface area (TPSA) is 51.2 Å². The summed E-state index contributed by atoms with van der Waals surface area (Å²) in [5.74, 6) is 0.505. The number of anilines is 1. The number of rotatable bonds is 7. The van der Waals surface area contributed by atoms with Crippen LogP contribution in [0.25, 0.3) is 0 Å². The molecule has 6 heteroatoms. The second-order valence-corrected chi connectivity index (χ2v) is 7.20. The molecule has 138 valence electrons. The first-order valence-corrected chi connectivity index (χ1v) is 9.79. The van der Waals surface area contributed by atoms with E-state index in [4.69, 9.17) is 16.3 Å². The van der Waals surface area contributed by atoms with Crippen molar-refractivity contribution in [3.8, 4) is 5.75 Å². The standard InChI is InChI=1S/C21H19ClN2O2S/c1-2-26-18-11-7-6-10-17(18)24-21(25)20(15-8-4-3-5-9-15)27-19-13-12-16(22)14-23-19/h3-14,20H,2H2,1H3,(H,24,25). The lowest BCUT2D eigenvalue weighted by atomic mass is 10.1. The molecule has 1 amide bonds. The Labute approximate surface area is 167 Å². The molecule has 0 saturated carbocycles. The molecule has 2 aromatic carbocycles. The van der Waals surface area contributed by atoms with Crippen LogP contribution in [0, 0.1) is 0 Å². The Hall–Kier alpha value is -2.50. The molecule has 0 aliphatic rings. The fourth-order valence-corrected chi connectivity index (χ4v) is 3.58. The number of ether oxygens (including phenoxy) is 1. The van der Waals surface area contributed by atoms with Gasteiger partial charge in [0.1, 0.15) is 11.0 Å². The number of nitrogens with zero attached hydrogens (tertiary/aromatic N) is 1. The van der Waals surface area contributed by atoms with Gasteiger partial charge in [0.25, 0.3) is 0 Å². The first kappa shape index (κ1) is 19.3. The first-order valence-electron chi connectivity index (χ1n) is 8.53. The van der Waals surface area contributed by atoms with Crippen molar-refractivity contribution in [3.05, 3.63) is 83.5 Å². The monoisotopic (exact) mass is 398 g/mol. The van der Waals surface area contributed by atoms with Crippen molar-refractivity contribution in [2.45, 2.75) is 17.2 Å². The third-order valence-corrected chi connectivity index (χ3v) is 5.15. The summed E-state index contributed by atoms with van der Waals surface area (Å²) in [5.41, 5.74) is 1.54. The summed E-state index contributed by atoms with van der Waals surface area (Å²) in [6.45, 7) is 2.44. The Morgan fingerprint density at radius 2 is 1.85 bits per heavy atom. The number of halogens is 1. The van der Waals surface area contributed by atoms with Crippen LogP contribution in [0.4, 0.5) is 5.69 Å². The molecule has 0 fully saturated rings. The van der Waals surface area contributed by atoms with Gasteiger partial charge in [0, 0.05) is 6.20 Å². The van der Waals surface area contributed by atoms with Crippen LogP contribution in [0.5, 0.6) is 5.75 Å². The van der Waals surface area contributed by atoms with E-state index in [1.54, 1.807) is 12.3 Å². The Morgan fingerprint density at radius 3 is 2.56 bits per heavy atom. The molecule has 1 atom stereocenters. The van der Waals surface area contributed by atoms with Crippen LogP contribution < -0.4 is 10.1 Å².